The zero-order chi connectivity index (χ0) is 10.1. The van der Waals surface area contributed by atoms with Crippen LogP contribution in [0.1, 0.15) is 33.1 Å². The normalized spacial score (nSPS) is 9.46. The van der Waals surface area contributed by atoms with Gasteiger partial charge in [0.2, 0.25) is 0 Å². The predicted octanol–water partition coefficient (Wildman–Crippen LogP) is 1.66. The summed E-state index contributed by atoms with van der Waals surface area (Å²) in [4.78, 5) is 10.9. The molecule has 0 spiro atoms. The summed E-state index contributed by atoms with van der Waals surface area (Å²) in [6, 6.07) is 0. The van der Waals surface area contributed by atoms with Crippen molar-refractivity contribution in [2.24, 2.45) is 0 Å². The quantitative estimate of drug-likeness (QED) is 0.390. The molecule has 0 aliphatic carbocycles. The zero-order valence-electron chi connectivity index (χ0n) is 8.38. The van der Waals surface area contributed by atoms with Gasteiger partial charge in [-0.3, -0.25) is 0 Å². The van der Waals surface area contributed by atoms with Crippen molar-refractivity contribution in [2.75, 3.05) is 13.2 Å². The second-order valence-corrected chi connectivity index (χ2v) is 3.17. The SMILES string of the molecule is CC(C)=CC(=O)OCCCCCO. The third-order valence-corrected chi connectivity index (χ3v) is 1.45. The Hall–Kier alpha value is -0.830. The van der Waals surface area contributed by atoms with Gasteiger partial charge >= 0.3 is 5.97 Å². The molecule has 0 aromatic carbocycles. The summed E-state index contributed by atoms with van der Waals surface area (Å²) in [6.07, 6.45) is 3.98. The van der Waals surface area contributed by atoms with Crippen molar-refractivity contribution in [3.8, 4) is 0 Å². The first-order chi connectivity index (χ1) is 6.16. The van der Waals surface area contributed by atoms with Gasteiger partial charge in [0.1, 0.15) is 0 Å². The van der Waals surface area contributed by atoms with Gasteiger partial charge in [0.25, 0.3) is 0 Å². The summed E-state index contributed by atoms with van der Waals surface area (Å²) >= 11 is 0. The number of ether oxygens (including phenoxy) is 1. The first-order valence-electron chi connectivity index (χ1n) is 4.59. The van der Waals surface area contributed by atoms with Crippen LogP contribution in [0.25, 0.3) is 0 Å². The highest BCUT2D eigenvalue weighted by Gasteiger charge is 1.96. The molecule has 0 unspecified atom stereocenters. The lowest BCUT2D eigenvalue weighted by atomic mass is 10.2. The minimum absolute atomic E-state index is 0.210. The molecule has 0 aliphatic heterocycles. The largest absolute Gasteiger partial charge is 0.463 e. The number of unbranched alkanes of at least 4 members (excludes halogenated alkanes) is 2. The molecule has 0 atom stereocenters. The van der Waals surface area contributed by atoms with Crippen molar-refractivity contribution in [3.63, 3.8) is 0 Å². The first kappa shape index (κ1) is 12.2. The van der Waals surface area contributed by atoms with Gasteiger partial charge in [0.05, 0.1) is 6.61 Å². The minimum Gasteiger partial charge on any atom is -0.463 e. The summed E-state index contributed by atoms with van der Waals surface area (Å²) in [5, 5.41) is 8.48. The maximum absolute atomic E-state index is 10.9. The molecule has 0 saturated heterocycles. The van der Waals surface area contributed by atoms with E-state index < -0.39 is 0 Å². The topological polar surface area (TPSA) is 46.5 Å². The lowest BCUT2D eigenvalue weighted by Crippen LogP contribution is -2.03. The molecule has 0 radical (unpaired) electrons. The third-order valence-electron chi connectivity index (χ3n) is 1.45. The molecule has 0 bridgehead atoms. The number of hydrogen-bond donors (Lipinski definition) is 1. The van der Waals surface area contributed by atoms with Crippen molar-refractivity contribution < 1.29 is 14.6 Å². The summed E-state index contributed by atoms with van der Waals surface area (Å²) in [6.45, 7) is 4.37. The second kappa shape index (κ2) is 7.80. The van der Waals surface area contributed by atoms with Crippen LogP contribution in [0.5, 0.6) is 0 Å². The standard InChI is InChI=1S/C10H18O3/c1-9(2)8-10(12)13-7-5-3-4-6-11/h8,11H,3-7H2,1-2H3. The summed E-state index contributed by atoms with van der Waals surface area (Å²) in [5.74, 6) is -0.274. The molecule has 13 heavy (non-hydrogen) atoms. The van der Waals surface area contributed by atoms with Crippen LogP contribution >= 0.6 is 0 Å². The Morgan fingerprint density at radius 2 is 2.00 bits per heavy atom. The van der Waals surface area contributed by atoms with E-state index in [1.807, 2.05) is 13.8 Å². The van der Waals surface area contributed by atoms with Crippen LogP contribution in [0.3, 0.4) is 0 Å². The Morgan fingerprint density at radius 1 is 1.31 bits per heavy atom. The highest BCUT2D eigenvalue weighted by atomic mass is 16.5. The number of carbonyl (C=O) groups excluding carboxylic acids is 1. The van der Waals surface area contributed by atoms with E-state index in [0.717, 1.165) is 24.8 Å². The van der Waals surface area contributed by atoms with Crippen molar-refractivity contribution >= 4 is 5.97 Å². The van der Waals surface area contributed by atoms with Crippen molar-refractivity contribution in [3.05, 3.63) is 11.6 Å². The summed E-state index contributed by atoms with van der Waals surface area (Å²) in [5.41, 5.74) is 0.945. The maximum atomic E-state index is 10.9. The Bertz CT molecular complexity index is 169. The molecular weight excluding hydrogens is 168 g/mol. The molecule has 3 nitrogen and oxygen atoms in total. The third kappa shape index (κ3) is 9.08. The van der Waals surface area contributed by atoms with Crippen molar-refractivity contribution in [1.82, 2.24) is 0 Å². The average molecular weight is 186 g/mol. The van der Waals surface area contributed by atoms with E-state index in [-0.39, 0.29) is 12.6 Å². The van der Waals surface area contributed by atoms with Crippen molar-refractivity contribution in [2.45, 2.75) is 33.1 Å². The number of carbonyl (C=O) groups is 1. The van der Waals surface area contributed by atoms with Crippen LogP contribution in [-0.4, -0.2) is 24.3 Å². The minimum atomic E-state index is -0.274. The molecule has 0 saturated carbocycles. The molecule has 0 aliphatic rings. The van der Waals surface area contributed by atoms with Crippen LogP contribution in [-0.2, 0) is 9.53 Å². The molecule has 0 rings (SSSR count). The van der Waals surface area contributed by atoms with Crippen LogP contribution in [0, 0.1) is 0 Å². The fourth-order valence-corrected chi connectivity index (χ4v) is 0.841. The second-order valence-electron chi connectivity index (χ2n) is 3.17. The summed E-state index contributed by atoms with van der Waals surface area (Å²) < 4.78 is 4.90. The van der Waals surface area contributed by atoms with Gasteiger partial charge in [0.15, 0.2) is 0 Å². The predicted molar refractivity (Wildman–Crippen MR) is 51.3 cm³/mol. The van der Waals surface area contributed by atoms with E-state index in [4.69, 9.17) is 9.84 Å². The van der Waals surface area contributed by atoms with Gasteiger partial charge < -0.3 is 9.84 Å². The van der Waals surface area contributed by atoms with Crippen LogP contribution in [0.4, 0.5) is 0 Å². The number of esters is 1. The monoisotopic (exact) mass is 186 g/mol. The Morgan fingerprint density at radius 3 is 2.54 bits per heavy atom. The van der Waals surface area contributed by atoms with Gasteiger partial charge in [-0.05, 0) is 33.1 Å². The van der Waals surface area contributed by atoms with Gasteiger partial charge in [-0.15, -0.1) is 0 Å². The smallest absolute Gasteiger partial charge is 0.330 e. The number of aliphatic hydroxyl groups is 1. The Balaban J connectivity index is 3.33. The van der Waals surface area contributed by atoms with E-state index in [0.29, 0.717) is 6.61 Å². The number of allylic oxidation sites excluding steroid dienone is 1. The number of aliphatic hydroxyl groups excluding tert-OH is 1. The highest BCUT2D eigenvalue weighted by molar-refractivity contribution is 5.82. The summed E-state index contributed by atoms with van der Waals surface area (Å²) in [7, 11) is 0. The average Bonchev–Trinajstić information content (AvgIpc) is 2.02. The van der Waals surface area contributed by atoms with Crippen LogP contribution < -0.4 is 0 Å². The van der Waals surface area contributed by atoms with E-state index in [1.54, 1.807) is 0 Å². The van der Waals surface area contributed by atoms with Gasteiger partial charge in [-0.1, -0.05) is 5.57 Å². The van der Waals surface area contributed by atoms with Gasteiger partial charge in [-0.25, -0.2) is 4.79 Å². The molecule has 1 N–H and O–H groups in total. The number of rotatable bonds is 6. The first-order valence-corrected chi connectivity index (χ1v) is 4.59. The molecule has 0 amide bonds. The van der Waals surface area contributed by atoms with E-state index >= 15 is 0 Å². The van der Waals surface area contributed by atoms with Crippen LogP contribution in [0.2, 0.25) is 0 Å². The molecule has 76 valence electrons. The zero-order valence-corrected chi connectivity index (χ0v) is 8.38. The molecule has 0 aromatic heterocycles. The fourth-order valence-electron chi connectivity index (χ4n) is 0.841. The fraction of sp³-hybridized carbons (Fsp3) is 0.700. The number of hydrogen-bond acceptors (Lipinski definition) is 3. The molecule has 3 heteroatoms. The van der Waals surface area contributed by atoms with Gasteiger partial charge in [0, 0.05) is 12.7 Å². The molecule has 0 heterocycles. The van der Waals surface area contributed by atoms with E-state index in [9.17, 15) is 4.79 Å². The lowest BCUT2D eigenvalue weighted by Gasteiger charge is -2.01. The molecular formula is C10H18O3. The van der Waals surface area contributed by atoms with Crippen molar-refractivity contribution in [1.29, 1.82) is 0 Å². The van der Waals surface area contributed by atoms with E-state index in [1.165, 1.54) is 6.08 Å². The highest BCUT2D eigenvalue weighted by Crippen LogP contribution is 1.96. The van der Waals surface area contributed by atoms with E-state index in [2.05, 4.69) is 0 Å². The Kier molecular flexibility index (Phi) is 7.30. The van der Waals surface area contributed by atoms with Gasteiger partial charge in [-0.2, -0.15) is 0 Å². The lowest BCUT2D eigenvalue weighted by molar-refractivity contribution is -0.137. The maximum Gasteiger partial charge on any atom is 0.330 e. The Labute approximate surface area is 79.4 Å². The molecule has 0 aromatic rings. The van der Waals surface area contributed by atoms with Crippen LogP contribution in [0.15, 0.2) is 11.6 Å². The molecule has 0 fully saturated rings.